The highest BCUT2D eigenvalue weighted by molar-refractivity contribution is 6.11. The fourth-order valence-electron chi connectivity index (χ4n) is 3.87. The summed E-state index contributed by atoms with van der Waals surface area (Å²) in [5.41, 5.74) is 2.65. The van der Waals surface area contributed by atoms with Crippen LogP contribution in [-0.2, 0) is 12.0 Å². The first-order valence-corrected chi connectivity index (χ1v) is 10.1. The Hall–Kier alpha value is -3.41. The maximum absolute atomic E-state index is 12.9. The van der Waals surface area contributed by atoms with E-state index in [0.717, 1.165) is 28.4 Å². The van der Waals surface area contributed by atoms with Crippen molar-refractivity contribution in [2.45, 2.75) is 46.6 Å². The van der Waals surface area contributed by atoms with Crippen LogP contribution in [-0.4, -0.2) is 20.4 Å². The highest BCUT2D eigenvalue weighted by Crippen LogP contribution is 2.31. The molecule has 2 aromatic carbocycles. The summed E-state index contributed by atoms with van der Waals surface area (Å²) in [6.07, 6.45) is 0. The van der Waals surface area contributed by atoms with Gasteiger partial charge in [-0.25, -0.2) is 4.98 Å². The van der Waals surface area contributed by atoms with Gasteiger partial charge in [-0.15, -0.1) is 0 Å². The molecule has 154 valence electrons. The van der Waals surface area contributed by atoms with E-state index in [1.165, 1.54) is 0 Å². The summed E-state index contributed by atoms with van der Waals surface area (Å²) >= 11 is 0. The van der Waals surface area contributed by atoms with Crippen LogP contribution in [0, 0.1) is 6.92 Å². The van der Waals surface area contributed by atoms with Gasteiger partial charge in [0.2, 0.25) is 0 Å². The Bertz CT molecular complexity index is 1340. The van der Waals surface area contributed by atoms with Gasteiger partial charge < -0.3 is 14.9 Å². The number of benzene rings is 2. The van der Waals surface area contributed by atoms with Crippen LogP contribution in [0.15, 0.2) is 47.3 Å². The van der Waals surface area contributed by atoms with Gasteiger partial charge in [0, 0.05) is 39.5 Å². The van der Waals surface area contributed by atoms with Crippen LogP contribution in [0.25, 0.3) is 21.8 Å². The van der Waals surface area contributed by atoms with Crippen LogP contribution in [0.2, 0.25) is 0 Å². The van der Waals surface area contributed by atoms with E-state index in [-0.39, 0.29) is 11.0 Å². The highest BCUT2D eigenvalue weighted by Gasteiger charge is 2.22. The Kier molecular flexibility index (Phi) is 4.73. The first-order valence-electron chi connectivity index (χ1n) is 10.1. The molecule has 6 heteroatoms. The van der Waals surface area contributed by atoms with Crippen LogP contribution in [0.5, 0.6) is 0 Å². The predicted octanol–water partition coefficient (Wildman–Crippen LogP) is 4.76. The summed E-state index contributed by atoms with van der Waals surface area (Å²) in [7, 11) is 0. The number of nitrogens with zero attached hydrogens (tertiary/aromatic N) is 2. The number of aromatic amines is 1. The topological polar surface area (TPSA) is 79.8 Å². The minimum Gasteiger partial charge on any atom is -0.341 e. The van der Waals surface area contributed by atoms with E-state index in [1.54, 1.807) is 6.92 Å². The Morgan fingerprint density at radius 2 is 1.80 bits per heavy atom. The van der Waals surface area contributed by atoms with Gasteiger partial charge in [0.05, 0.1) is 5.69 Å². The number of carbonyl (C=O) groups excluding carboxylic acids is 1. The van der Waals surface area contributed by atoms with E-state index < -0.39 is 11.5 Å². The zero-order chi connectivity index (χ0) is 21.6. The van der Waals surface area contributed by atoms with Crippen molar-refractivity contribution in [1.82, 2.24) is 14.5 Å². The van der Waals surface area contributed by atoms with E-state index >= 15 is 0 Å². The van der Waals surface area contributed by atoms with Gasteiger partial charge >= 0.3 is 0 Å². The monoisotopic (exact) mass is 402 g/mol. The number of nitrogens with one attached hydrogen (secondary N) is 2. The maximum Gasteiger partial charge on any atom is 0.264 e. The second kappa shape index (κ2) is 7.13. The van der Waals surface area contributed by atoms with Crippen molar-refractivity contribution in [3.05, 3.63) is 69.9 Å². The normalized spacial score (nSPS) is 11.9. The van der Waals surface area contributed by atoms with Crippen molar-refractivity contribution in [3.63, 3.8) is 0 Å². The number of rotatable bonds is 3. The van der Waals surface area contributed by atoms with Crippen molar-refractivity contribution in [1.29, 1.82) is 0 Å². The van der Waals surface area contributed by atoms with Crippen LogP contribution >= 0.6 is 0 Å². The Morgan fingerprint density at radius 3 is 2.47 bits per heavy atom. The van der Waals surface area contributed by atoms with E-state index in [9.17, 15) is 9.59 Å². The number of hydrogen-bond donors (Lipinski definition) is 2. The molecule has 0 unspecified atom stereocenters. The molecule has 0 bridgehead atoms. The van der Waals surface area contributed by atoms with Gasteiger partial charge in [0.25, 0.3) is 11.5 Å². The number of anilines is 1. The highest BCUT2D eigenvalue weighted by atomic mass is 16.2. The van der Waals surface area contributed by atoms with E-state index in [0.29, 0.717) is 17.2 Å². The number of H-pyrrole nitrogens is 1. The number of fused-ring (bicyclic) bond motifs is 3. The summed E-state index contributed by atoms with van der Waals surface area (Å²) in [6, 6.07) is 14.1. The number of para-hydroxylation sites is 1. The van der Waals surface area contributed by atoms with Crippen LogP contribution < -0.4 is 10.9 Å². The maximum atomic E-state index is 12.9. The van der Waals surface area contributed by atoms with E-state index in [2.05, 4.69) is 38.9 Å². The van der Waals surface area contributed by atoms with Gasteiger partial charge in [-0.3, -0.25) is 9.59 Å². The molecule has 0 aliphatic carbocycles. The predicted molar refractivity (Wildman–Crippen MR) is 121 cm³/mol. The molecule has 0 radical (unpaired) electrons. The molecule has 30 heavy (non-hydrogen) atoms. The summed E-state index contributed by atoms with van der Waals surface area (Å²) in [6.45, 7) is 10.6. The quantitative estimate of drug-likeness (QED) is 0.519. The molecule has 4 aromatic rings. The minimum absolute atomic E-state index is 0.0408. The van der Waals surface area contributed by atoms with Crippen LogP contribution in [0.1, 0.15) is 49.6 Å². The van der Waals surface area contributed by atoms with Crippen LogP contribution in [0.4, 0.5) is 5.69 Å². The molecule has 2 aromatic heterocycles. The summed E-state index contributed by atoms with van der Waals surface area (Å²) in [4.78, 5) is 32.7. The molecule has 2 heterocycles. The zero-order valence-corrected chi connectivity index (χ0v) is 18.0. The molecular formula is C24H26N4O2. The number of aryl methyl sites for hydroxylation is 2. The molecule has 0 aliphatic rings. The fourth-order valence-corrected chi connectivity index (χ4v) is 3.87. The first kappa shape index (κ1) is 19.9. The average molecular weight is 402 g/mol. The lowest BCUT2D eigenvalue weighted by Gasteiger charge is -2.18. The number of aromatic nitrogens is 3. The number of hydrogen-bond acceptors (Lipinski definition) is 3. The molecule has 0 atom stereocenters. The van der Waals surface area contributed by atoms with Gasteiger partial charge in [0.1, 0.15) is 11.4 Å². The lowest BCUT2D eigenvalue weighted by atomic mass is 9.95. The molecule has 1 amide bonds. The molecule has 0 saturated heterocycles. The third-order valence-corrected chi connectivity index (χ3v) is 5.38. The van der Waals surface area contributed by atoms with Crippen molar-refractivity contribution in [2.24, 2.45) is 0 Å². The molecule has 0 fully saturated rings. The average Bonchev–Trinajstić information content (AvgIpc) is 3.00. The van der Waals surface area contributed by atoms with Crippen molar-refractivity contribution < 1.29 is 4.79 Å². The first-order chi connectivity index (χ1) is 14.2. The minimum atomic E-state index is -0.458. The van der Waals surface area contributed by atoms with Crippen molar-refractivity contribution in [3.8, 4) is 0 Å². The van der Waals surface area contributed by atoms with Crippen molar-refractivity contribution in [2.75, 3.05) is 5.32 Å². The third kappa shape index (κ3) is 3.28. The van der Waals surface area contributed by atoms with Gasteiger partial charge in [-0.2, -0.15) is 0 Å². The van der Waals surface area contributed by atoms with E-state index in [4.69, 9.17) is 0 Å². The van der Waals surface area contributed by atoms with E-state index in [1.807, 2.05) is 51.1 Å². The van der Waals surface area contributed by atoms with Crippen molar-refractivity contribution >= 4 is 33.4 Å². The largest absolute Gasteiger partial charge is 0.341 e. The second-order valence-electron chi connectivity index (χ2n) is 8.57. The zero-order valence-electron chi connectivity index (χ0n) is 18.0. The molecule has 0 spiro atoms. The molecular weight excluding hydrogens is 376 g/mol. The fraction of sp³-hybridized carbons (Fsp3) is 0.292. The van der Waals surface area contributed by atoms with Gasteiger partial charge in [0.15, 0.2) is 0 Å². The lowest BCUT2D eigenvalue weighted by Crippen LogP contribution is -2.30. The third-order valence-electron chi connectivity index (χ3n) is 5.38. The summed E-state index contributed by atoms with van der Waals surface area (Å²) < 4.78 is 2.25. The SMILES string of the molecule is CCn1c2ccccc2c2cc(NC(=O)c3c(C)nc(C(C)(C)C)[nH]c3=O)ccc21. The molecule has 4 rings (SSSR count). The molecule has 2 N–H and O–H groups in total. The van der Waals surface area contributed by atoms with Crippen LogP contribution in [0.3, 0.4) is 0 Å². The standard InChI is InChI=1S/C24H26N4O2/c1-6-28-18-10-8-7-9-16(18)17-13-15(11-12-19(17)28)26-21(29)20-14(2)25-23(24(3,4)5)27-22(20)30/h7-13H,6H2,1-5H3,(H,26,29)(H,25,27,30). The molecule has 0 saturated carbocycles. The molecule has 6 nitrogen and oxygen atoms in total. The molecule has 0 aliphatic heterocycles. The Balaban J connectivity index is 1.74. The lowest BCUT2D eigenvalue weighted by molar-refractivity contribution is 0.102. The summed E-state index contributed by atoms with van der Waals surface area (Å²) in [5, 5.41) is 5.08. The Morgan fingerprint density at radius 1 is 1.10 bits per heavy atom. The number of carbonyl (C=O) groups is 1. The second-order valence-corrected chi connectivity index (χ2v) is 8.57. The number of amides is 1. The van der Waals surface area contributed by atoms with Gasteiger partial charge in [-0.05, 0) is 38.1 Å². The summed E-state index contributed by atoms with van der Waals surface area (Å²) in [5.74, 6) is 0.107. The Labute approximate surface area is 175 Å². The smallest absolute Gasteiger partial charge is 0.264 e. The van der Waals surface area contributed by atoms with Gasteiger partial charge in [-0.1, -0.05) is 39.0 Å².